The summed E-state index contributed by atoms with van der Waals surface area (Å²) in [6, 6.07) is 17.4. The second kappa shape index (κ2) is 14.5. The highest BCUT2D eigenvalue weighted by Crippen LogP contribution is 2.57. The van der Waals surface area contributed by atoms with E-state index in [4.69, 9.17) is 4.74 Å². The minimum absolute atomic E-state index is 0.0965. The number of carboxylic acid groups (broad SMARTS) is 1. The third kappa shape index (κ3) is 8.06. The number of fused-ring (bicyclic) bond motifs is 3. The molecule has 0 saturated heterocycles. The van der Waals surface area contributed by atoms with E-state index in [1.165, 1.54) is 11.1 Å². The summed E-state index contributed by atoms with van der Waals surface area (Å²) in [4.78, 5) is 39.9. The van der Waals surface area contributed by atoms with Crippen LogP contribution < -0.4 is 19.7 Å². The third-order valence-electron chi connectivity index (χ3n) is 9.36. The van der Waals surface area contributed by atoms with Crippen LogP contribution in [0.5, 0.6) is 5.75 Å². The Morgan fingerprint density at radius 1 is 1.08 bits per heavy atom. The van der Waals surface area contributed by atoms with Gasteiger partial charge in [0.15, 0.2) is 0 Å². The summed E-state index contributed by atoms with van der Waals surface area (Å²) < 4.78 is 32.7. The second-order valence-corrected chi connectivity index (χ2v) is 14.9. The van der Waals surface area contributed by atoms with E-state index in [2.05, 4.69) is 34.2 Å². The van der Waals surface area contributed by atoms with E-state index in [0.717, 1.165) is 52.9 Å². The van der Waals surface area contributed by atoms with Gasteiger partial charge in [0.2, 0.25) is 15.9 Å². The fraction of sp³-hybridized carbons (Fsp3) is 0.351. The Hall–Kier alpha value is -5.01. The highest BCUT2D eigenvalue weighted by atomic mass is 32.2. The number of aryl methyl sites for hydroxylation is 1. The van der Waals surface area contributed by atoms with Crippen LogP contribution in [0.1, 0.15) is 57.8 Å². The molecule has 0 bridgehead atoms. The lowest BCUT2D eigenvalue weighted by molar-refractivity contribution is -0.139. The summed E-state index contributed by atoms with van der Waals surface area (Å²) in [6.07, 6.45) is 6.73. The Morgan fingerprint density at radius 2 is 1.86 bits per heavy atom. The predicted molar refractivity (Wildman–Crippen MR) is 189 cm³/mol. The predicted octanol–water partition coefficient (Wildman–Crippen LogP) is 4.26. The van der Waals surface area contributed by atoms with Gasteiger partial charge in [-0.1, -0.05) is 36.4 Å². The Morgan fingerprint density at radius 3 is 2.64 bits per heavy atom. The summed E-state index contributed by atoms with van der Waals surface area (Å²) >= 11 is 0. The van der Waals surface area contributed by atoms with Crippen LogP contribution in [0, 0.1) is 19.8 Å². The van der Waals surface area contributed by atoms with E-state index in [9.17, 15) is 27.9 Å². The largest absolute Gasteiger partial charge is 0.493 e. The van der Waals surface area contributed by atoms with Crippen molar-refractivity contribution in [1.82, 2.24) is 19.8 Å². The minimum Gasteiger partial charge on any atom is -0.493 e. The van der Waals surface area contributed by atoms with Gasteiger partial charge in [-0.05, 0) is 90.6 Å². The zero-order valence-electron chi connectivity index (χ0n) is 28.3. The molecule has 2 heterocycles. The van der Waals surface area contributed by atoms with Gasteiger partial charge in [0, 0.05) is 42.5 Å². The molecule has 3 N–H and O–H groups in total. The lowest BCUT2D eigenvalue weighted by Crippen LogP contribution is -2.48. The van der Waals surface area contributed by atoms with E-state index in [-0.39, 0.29) is 11.5 Å². The van der Waals surface area contributed by atoms with Crippen molar-refractivity contribution in [2.24, 2.45) is 5.92 Å². The molecule has 6 rings (SSSR count). The number of amides is 2. The number of sulfonamides is 1. The third-order valence-corrected chi connectivity index (χ3v) is 10.1. The van der Waals surface area contributed by atoms with Crippen LogP contribution in [-0.4, -0.2) is 73.1 Å². The number of nitrogens with zero attached hydrogens (tertiary/aromatic N) is 3. The van der Waals surface area contributed by atoms with Gasteiger partial charge >= 0.3 is 5.97 Å². The number of aliphatic carboxylic acids is 1. The molecular weight excluding hydrogens is 659 g/mol. The maximum atomic E-state index is 13.5. The van der Waals surface area contributed by atoms with Crippen LogP contribution in [0.25, 0.3) is 11.1 Å². The summed E-state index contributed by atoms with van der Waals surface area (Å²) in [7, 11) is -3.64. The number of hydrogen-bond acceptors (Lipinski definition) is 7. The standard InChI is InChI=1S/C37H41N5O7S/c1-23-8-4-13-33(24(23)2)49-15-7-14-34(43)42-22-27-17-30(27)35-29(11-6-12-32(35)42)28-18-38-41(21-28)20-25-9-5-10-26(16-25)36(44)40-31(37(45)46)19-39-50(3,47)48/h4-6,8-13,16,18,21,27,30-31,39H,7,14-15,17,19-20,22H2,1-3H3,(H,40,44)(H,45,46)/t27-,30-,31-/m0/s1. The van der Waals surface area contributed by atoms with Crippen LogP contribution in [0.2, 0.25) is 0 Å². The van der Waals surface area contributed by atoms with Gasteiger partial charge in [-0.2, -0.15) is 5.10 Å². The second-order valence-electron chi connectivity index (χ2n) is 13.1. The molecule has 2 amide bonds. The van der Waals surface area contributed by atoms with E-state index < -0.39 is 34.5 Å². The molecule has 1 saturated carbocycles. The first-order valence-electron chi connectivity index (χ1n) is 16.6. The molecule has 262 valence electrons. The van der Waals surface area contributed by atoms with Gasteiger partial charge in [-0.15, -0.1) is 0 Å². The number of carbonyl (C=O) groups excluding carboxylic acids is 2. The fourth-order valence-electron chi connectivity index (χ4n) is 6.49. The van der Waals surface area contributed by atoms with Crippen LogP contribution in [-0.2, 0) is 26.2 Å². The van der Waals surface area contributed by atoms with E-state index in [1.54, 1.807) is 29.1 Å². The lowest BCUT2D eigenvalue weighted by Gasteiger charge is -2.30. The molecule has 3 atom stereocenters. The van der Waals surface area contributed by atoms with Crippen molar-refractivity contribution in [3.05, 3.63) is 101 Å². The van der Waals surface area contributed by atoms with E-state index in [1.807, 2.05) is 48.4 Å². The fourth-order valence-corrected chi connectivity index (χ4v) is 6.96. The van der Waals surface area contributed by atoms with Crippen LogP contribution in [0.4, 0.5) is 5.69 Å². The Balaban J connectivity index is 1.11. The first-order chi connectivity index (χ1) is 23.9. The van der Waals surface area contributed by atoms with Crippen molar-refractivity contribution in [2.45, 2.75) is 51.6 Å². The van der Waals surface area contributed by atoms with Gasteiger partial charge in [0.1, 0.15) is 11.8 Å². The normalized spacial score (nSPS) is 17.0. The molecule has 0 radical (unpaired) electrons. The first-order valence-corrected chi connectivity index (χ1v) is 18.5. The zero-order valence-corrected chi connectivity index (χ0v) is 29.1. The smallest absolute Gasteiger partial charge is 0.327 e. The molecule has 12 nitrogen and oxygen atoms in total. The number of hydrogen-bond donors (Lipinski definition) is 3. The van der Waals surface area contributed by atoms with Crippen molar-refractivity contribution in [3.63, 3.8) is 0 Å². The van der Waals surface area contributed by atoms with Crippen LogP contribution in [0.3, 0.4) is 0 Å². The average Bonchev–Trinajstić information content (AvgIpc) is 3.73. The number of aromatic nitrogens is 2. The molecule has 1 aromatic heterocycles. The Kier molecular flexibility index (Phi) is 10.1. The number of rotatable bonds is 14. The summed E-state index contributed by atoms with van der Waals surface area (Å²) in [5.74, 6) is -0.209. The molecule has 0 unspecified atom stereocenters. The number of ether oxygens (including phenoxy) is 1. The van der Waals surface area contributed by atoms with E-state index in [0.29, 0.717) is 37.8 Å². The molecule has 50 heavy (non-hydrogen) atoms. The van der Waals surface area contributed by atoms with E-state index >= 15 is 0 Å². The van der Waals surface area contributed by atoms with Gasteiger partial charge in [-0.25, -0.2) is 17.9 Å². The van der Waals surface area contributed by atoms with Gasteiger partial charge in [0.25, 0.3) is 5.91 Å². The molecule has 1 aliphatic heterocycles. The molecular formula is C37H41N5O7S. The molecule has 1 aliphatic carbocycles. The summed E-state index contributed by atoms with van der Waals surface area (Å²) in [5, 5.41) is 16.4. The van der Waals surface area contributed by atoms with Crippen LogP contribution >= 0.6 is 0 Å². The Bertz CT molecular complexity index is 2040. The number of anilines is 1. The number of carboxylic acids is 1. The maximum absolute atomic E-state index is 13.5. The highest BCUT2D eigenvalue weighted by Gasteiger charge is 2.47. The molecule has 13 heteroatoms. The monoisotopic (exact) mass is 699 g/mol. The molecule has 4 aromatic rings. The van der Waals surface area contributed by atoms with Crippen molar-refractivity contribution in [1.29, 1.82) is 0 Å². The molecule has 0 spiro atoms. The summed E-state index contributed by atoms with van der Waals surface area (Å²) in [6.45, 7) is 5.18. The number of carbonyl (C=O) groups is 3. The summed E-state index contributed by atoms with van der Waals surface area (Å²) in [5.41, 5.74) is 7.41. The minimum atomic E-state index is -3.64. The quantitative estimate of drug-likeness (QED) is 0.165. The lowest BCUT2D eigenvalue weighted by atomic mass is 9.92. The maximum Gasteiger partial charge on any atom is 0.327 e. The molecule has 2 aliphatic rings. The average molecular weight is 700 g/mol. The van der Waals surface area contributed by atoms with Gasteiger partial charge in [0.05, 0.1) is 25.6 Å². The van der Waals surface area contributed by atoms with Crippen molar-refractivity contribution in [3.8, 4) is 16.9 Å². The van der Waals surface area contributed by atoms with Crippen molar-refractivity contribution < 1.29 is 32.6 Å². The van der Waals surface area contributed by atoms with Crippen molar-refractivity contribution in [2.75, 3.05) is 30.9 Å². The van der Waals surface area contributed by atoms with Crippen molar-refractivity contribution >= 4 is 33.5 Å². The molecule has 3 aromatic carbocycles. The first kappa shape index (κ1) is 34.8. The Labute approximate surface area is 291 Å². The van der Waals surface area contributed by atoms with Gasteiger partial charge in [-0.3, -0.25) is 14.3 Å². The highest BCUT2D eigenvalue weighted by molar-refractivity contribution is 7.88. The number of benzene rings is 3. The SMILES string of the molecule is Cc1cccc(OCCCC(=O)N2C[C@@H]3C[C@@H]3c3c(-c4cnn(Cc5cccc(C(=O)N[C@@H](CNS(C)(=O)=O)C(=O)O)c5)c4)cccc32)c1C. The topological polar surface area (TPSA) is 160 Å². The molecule has 1 fully saturated rings. The zero-order chi connectivity index (χ0) is 35.6. The number of nitrogens with one attached hydrogen (secondary N) is 2. The van der Waals surface area contributed by atoms with Crippen LogP contribution in [0.15, 0.2) is 73.1 Å². The van der Waals surface area contributed by atoms with Gasteiger partial charge < -0.3 is 20.1 Å².